The van der Waals surface area contributed by atoms with Gasteiger partial charge in [0.2, 0.25) is 10.0 Å². The van der Waals surface area contributed by atoms with Gasteiger partial charge < -0.3 is 5.73 Å². The standard InChI is InChI=1S/C14H21FN2O2S/c1-13(2)12(14(13,3)4)17-20(18,19)10-5-6-11(15)9(7-10)8-16/h5-7,12,17H,8,16H2,1-4H3. The molecular weight excluding hydrogens is 279 g/mol. The lowest BCUT2D eigenvalue weighted by molar-refractivity contribution is 0.457. The maximum absolute atomic E-state index is 13.4. The SMILES string of the molecule is CC1(C)C(NS(=O)(=O)c2ccc(F)c(CN)c2)C1(C)C. The lowest BCUT2D eigenvalue weighted by atomic mass is 10.0. The minimum atomic E-state index is -3.66. The summed E-state index contributed by atoms with van der Waals surface area (Å²) in [4.78, 5) is 0.0536. The molecule has 0 aliphatic heterocycles. The van der Waals surface area contributed by atoms with E-state index in [9.17, 15) is 12.8 Å². The minimum Gasteiger partial charge on any atom is -0.326 e. The van der Waals surface area contributed by atoms with E-state index in [0.29, 0.717) is 0 Å². The lowest BCUT2D eigenvalue weighted by Gasteiger charge is -2.10. The second kappa shape index (κ2) is 4.51. The summed E-state index contributed by atoms with van der Waals surface area (Å²) in [5.41, 5.74) is 5.40. The molecule has 0 atom stereocenters. The minimum absolute atomic E-state index is 0.0321. The molecule has 0 saturated heterocycles. The third-order valence-corrected chi connectivity index (χ3v) is 6.26. The predicted molar refractivity (Wildman–Crippen MR) is 76.0 cm³/mol. The molecule has 0 amide bonds. The van der Waals surface area contributed by atoms with Crippen molar-refractivity contribution in [2.24, 2.45) is 16.6 Å². The molecule has 6 heteroatoms. The summed E-state index contributed by atoms with van der Waals surface area (Å²) in [6.45, 7) is 8.06. The number of hydrogen-bond acceptors (Lipinski definition) is 3. The average molecular weight is 300 g/mol. The fraction of sp³-hybridized carbons (Fsp3) is 0.571. The number of nitrogens with one attached hydrogen (secondary N) is 1. The van der Waals surface area contributed by atoms with Gasteiger partial charge in [-0.1, -0.05) is 27.7 Å². The van der Waals surface area contributed by atoms with Crippen LogP contribution in [0.3, 0.4) is 0 Å². The summed E-state index contributed by atoms with van der Waals surface area (Å²) in [6, 6.07) is 3.56. The zero-order valence-corrected chi connectivity index (χ0v) is 13.0. The molecule has 1 aromatic rings. The Morgan fingerprint density at radius 1 is 1.25 bits per heavy atom. The molecule has 0 bridgehead atoms. The number of halogens is 1. The Kier molecular flexibility index (Phi) is 3.48. The van der Waals surface area contributed by atoms with E-state index in [1.165, 1.54) is 12.1 Å². The van der Waals surface area contributed by atoms with Crippen molar-refractivity contribution in [3.63, 3.8) is 0 Å². The maximum atomic E-state index is 13.4. The highest BCUT2D eigenvalue weighted by Crippen LogP contribution is 2.62. The molecule has 1 saturated carbocycles. The molecule has 4 nitrogen and oxygen atoms in total. The van der Waals surface area contributed by atoms with E-state index in [0.717, 1.165) is 6.07 Å². The molecule has 1 aliphatic rings. The molecule has 3 N–H and O–H groups in total. The van der Waals surface area contributed by atoms with Crippen LogP contribution in [0.2, 0.25) is 0 Å². The van der Waals surface area contributed by atoms with E-state index in [1.807, 2.05) is 27.7 Å². The van der Waals surface area contributed by atoms with Gasteiger partial charge in [0.15, 0.2) is 0 Å². The first-order valence-electron chi connectivity index (χ1n) is 6.55. The number of hydrogen-bond donors (Lipinski definition) is 2. The van der Waals surface area contributed by atoms with Gasteiger partial charge in [0.25, 0.3) is 0 Å². The van der Waals surface area contributed by atoms with Gasteiger partial charge in [0, 0.05) is 18.2 Å². The van der Waals surface area contributed by atoms with Crippen LogP contribution >= 0.6 is 0 Å². The molecule has 0 heterocycles. The normalized spacial score (nSPS) is 20.9. The van der Waals surface area contributed by atoms with E-state index >= 15 is 0 Å². The fourth-order valence-electron chi connectivity index (χ4n) is 2.59. The van der Waals surface area contributed by atoms with Crippen LogP contribution in [0.25, 0.3) is 0 Å². The van der Waals surface area contributed by atoms with Gasteiger partial charge in [0.1, 0.15) is 5.82 Å². The predicted octanol–water partition coefficient (Wildman–Crippen LogP) is 2.00. The number of nitrogens with two attached hydrogens (primary N) is 1. The summed E-state index contributed by atoms with van der Waals surface area (Å²) >= 11 is 0. The molecule has 1 aromatic carbocycles. The first kappa shape index (κ1) is 15.4. The van der Waals surface area contributed by atoms with Crippen molar-refractivity contribution in [2.75, 3.05) is 0 Å². The van der Waals surface area contributed by atoms with Crippen molar-refractivity contribution in [1.29, 1.82) is 0 Å². The molecule has 0 radical (unpaired) electrons. The highest BCUT2D eigenvalue weighted by atomic mass is 32.2. The van der Waals surface area contributed by atoms with Crippen LogP contribution in [0.4, 0.5) is 4.39 Å². The smallest absolute Gasteiger partial charge is 0.240 e. The Morgan fingerprint density at radius 2 is 1.80 bits per heavy atom. The molecule has 20 heavy (non-hydrogen) atoms. The van der Waals surface area contributed by atoms with Gasteiger partial charge in [-0.25, -0.2) is 17.5 Å². The van der Waals surface area contributed by atoms with Gasteiger partial charge in [0.05, 0.1) is 4.90 Å². The van der Waals surface area contributed by atoms with Gasteiger partial charge in [-0.15, -0.1) is 0 Å². The molecule has 0 aromatic heterocycles. The van der Waals surface area contributed by atoms with E-state index in [4.69, 9.17) is 5.73 Å². The zero-order chi connectivity index (χ0) is 15.3. The zero-order valence-electron chi connectivity index (χ0n) is 12.2. The Hall–Kier alpha value is -0.980. The van der Waals surface area contributed by atoms with Crippen LogP contribution in [0.15, 0.2) is 23.1 Å². The van der Waals surface area contributed by atoms with Crippen molar-refractivity contribution in [2.45, 2.75) is 45.2 Å². The van der Waals surface area contributed by atoms with Gasteiger partial charge in [-0.2, -0.15) is 0 Å². The van der Waals surface area contributed by atoms with Crippen molar-refractivity contribution in [3.8, 4) is 0 Å². The van der Waals surface area contributed by atoms with Crippen LogP contribution < -0.4 is 10.5 Å². The van der Waals surface area contributed by atoms with Crippen molar-refractivity contribution in [1.82, 2.24) is 4.72 Å². The second-order valence-corrected chi connectivity index (χ2v) is 8.17. The third kappa shape index (κ3) is 2.25. The largest absolute Gasteiger partial charge is 0.326 e. The van der Waals surface area contributed by atoms with Crippen LogP contribution in [0.1, 0.15) is 33.3 Å². The molecule has 0 unspecified atom stereocenters. The second-order valence-electron chi connectivity index (χ2n) is 6.46. The van der Waals surface area contributed by atoms with E-state index in [2.05, 4.69) is 4.72 Å². The van der Waals surface area contributed by atoms with Crippen LogP contribution in [-0.4, -0.2) is 14.5 Å². The number of benzene rings is 1. The van der Waals surface area contributed by atoms with E-state index < -0.39 is 15.8 Å². The Balaban J connectivity index is 2.29. The molecule has 112 valence electrons. The Labute approximate surface area is 119 Å². The van der Waals surface area contributed by atoms with Gasteiger partial charge in [-0.05, 0) is 29.0 Å². The number of sulfonamides is 1. The monoisotopic (exact) mass is 300 g/mol. The highest BCUT2D eigenvalue weighted by molar-refractivity contribution is 7.89. The summed E-state index contributed by atoms with van der Waals surface area (Å²) in [7, 11) is -3.66. The average Bonchev–Trinajstić information content (AvgIpc) is 2.71. The highest BCUT2D eigenvalue weighted by Gasteiger charge is 2.66. The molecule has 1 aliphatic carbocycles. The fourth-order valence-corrected chi connectivity index (χ4v) is 4.17. The quantitative estimate of drug-likeness (QED) is 0.893. The van der Waals surface area contributed by atoms with Crippen LogP contribution in [0.5, 0.6) is 0 Å². The molecule has 0 spiro atoms. The molecular formula is C14H21FN2O2S. The first-order chi connectivity index (χ1) is 9.04. The molecule has 1 fully saturated rings. The van der Waals surface area contributed by atoms with Crippen LogP contribution in [0, 0.1) is 16.6 Å². The summed E-state index contributed by atoms with van der Waals surface area (Å²) < 4.78 is 40.8. The van der Waals surface area contributed by atoms with Gasteiger partial charge >= 0.3 is 0 Å². The topological polar surface area (TPSA) is 72.2 Å². The van der Waals surface area contributed by atoms with Crippen molar-refractivity contribution >= 4 is 10.0 Å². The first-order valence-corrected chi connectivity index (χ1v) is 8.03. The lowest BCUT2D eigenvalue weighted by Crippen LogP contribution is -2.30. The van der Waals surface area contributed by atoms with Crippen LogP contribution in [-0.2, 0) is 16.6 Å². The summed E-state index contributed by atoms with van der Waals surface area (Å²) in [5, 5.41) is 0. The Morgan fingerprint density at radius 3 is 2.25 bits per heavy atom. The van der Waals surface area contributed by atoms with Crippen molar-refractivity contribution < 1.29 is 12.8 Å². The van der Waals surface area contributed by atoms with Crippen molar-refractivity contribution in [3.05, 3.63) is 29.6 Å². The summed E-state index contributed by atoms with van der Waals surface area (Å²) in [5.74, 6) is -0.487. The van der Waals surface area contributed by atoms with Gasteiger partial charge in [-0.3, -0.25) is 0 Å². The summed E-state index contributed by atoms with van der Waals surface area (Å²) in [6.07, 6.45) is 0. The maximum Gasteiger partial charge on any atom is 0.240 e. The van der Waals surface area contributed by atoms with E-state index in [-0.39, 0.29) is 33.9 Å². The Bertz CT molecular complexity index is 625. The molecule has 2 rings (SSSR count). The van der Waals surface area contributed by atoms with E-state index in [1.54, 1.807) is 0 Å². The third-order valence-electron chi connectivity index (χ3n) is 4.84. The number of rotatable bonds is 4.